The molecule has 1 N–H and O–H groups in total. The minimum absolute atomic E-state index is 0.275. The summed E-state index contributed by atoms with van der Waals surface area (Å²) in [6.07, 6.45) is 1.68. The van der Waals surface area contributed by atoms with Crippen molar-refractivity contribution in [2.45, 2.75) is 12.8 Å². The molecule has 1 unspecified atom stereocenters. The molecule has 0 aromatic heterocycles. The van der Waals surface area contributed by atoms with Crippen molar-refractivity contribution in [3.63, 3.8) is 0 Å². The molecule has 1 fully saturated rings. The summed E-state index contributed by atoms with van der Waals surface area (Å²) >= 11 is 0. The van der Waals surface area contributed by atoms with Crippen molar-refractivity contribution in [3.8, 4) is 5.75 Å². The van der Waals surface area contributed by atoms with Gasteiger partial charge in [-0.25, -0.2) is 8.78 Å². The molecule has 0 saturated carbocycles. The second-order valence-electron chi connectivity index (χ2n) is 4.12. The molecule has 4 heteroatoms. The van der Waals surface area contributed by atoms with E-state index >= 15 is 0 Å². The van der Waals surface area contributed by atoms with Crippen LogP contribution in [0.25, 0.3) is 0 Å². The van der Waals surface area contributed by atoms with Gasteiger partial charge in [0.25, 0.3) is 0 Å². The minimum atomic E-state index is -0.645. The van der Waals surface area contributed by atoms with Crippen LogP contribution in [0.15, 0.2) is 12.1 Å². The summed E-state index contributed by atoms with van der Waals surface area (Å²) in [7, 11) is 1.28. The highest BCUT2D eigenvalue weighted by molar-refractivity contribution is 5.33. The van der Waals surface area contributed by atoms with Crippen LogP contribution in [0.1, 0.15) is 12.0 Å². The van der Waals surface area contributed by atoms with E-state index in [1.807, 2.05) is 0 Å². The smallest absolute Gasteiger partial charge is 0.190 e. The Morgan fingerprint density at radius 3 is 2.88 bits per heavy atom. The van der Waals surface area contributed by atoms with Gasteiger partial charge < -0.3 is 10.1 Å². The van der Waals surface area contributed by atoms with E-state index in [1.54, 1.807) is 0 Å². The van der Waals surface area contributed by atoms with Gasteiger partial charge in [-0.15, -0.1) is 0 Å². The first-order valence-corrected chi connectivity index (χ1v) is 5.44. The van der Waals surface area contributed by atoms with E-state index in [0.717, 1.165) is 19.5 Å². The fourth-order valence-corrected chi connectivity index (χ4v) is 2.12. The highest BCUT2D eigenvalue weighted by Gasteiger charge is 2.20. The van der Waals surface area contributed by atoms with Crippen molar-refractivity contribution < 1.29 is 13.5 Å². The molecule has 0 aliphatic carbocycles. The van der Waals surface area contributed by atoms with E-state index < -0.39 is 11.6 Å². The maximum Gasteiger partial charge on any atom is 0.190 e. The molecule has 1 saturated heterocycles. The fourth-order valence-electron chi connectivity index (χ4n) is 2.12. The number of benzene rings is 1. The van der Waals surface area contributed by atoms with E-state index in [4.69, 9.17) is 4.74 Å². The van der Waals surface area contributed by atoms with Gasteiger partial charge in [0.05, 0.1) is 7.11 Å². The minimum Gasteiger partial charge on any atom is -0.491 e. The van der Waals surface area contributed by atoms with Gasteiger partial charge in [-0.1, -0.05) is 6.07 Å². The number of ether oxygens (including phenoxy) is 1. The Bertz CT molecular complexity index is 376. The van der Waals surface area contributed by atoms with E-state index in [2.05, 4.69) is 5.32 Å². The molecular formula is C12H15F2NO. The lowest BCUT2D eigenvalue weighted by molar-refractivity contribution is 0.356. The van der Waals surface area contributed by atoms with Crippen LogP contribution < -0.4 is 10.1 Å². The van der Waals surface area contributed by atoms with Crippen molar-refractivity contribution in [1.29, 1.82) is 0 Å². The SMILES string of the molecule is COc1c(F)ccc(CC2CCNC2)c1F. The number of rotatable bonds is 3. The Hall–Kier alpha value is -1.16. The lowest BCUT2D eigenvalue weighted by atomic mass is 9.98. The zero-order valence-corrected chi connectivity index (χ0v) is 9.22. The highest BCUT2D eigenvalue weighted by Crippen LogP contribution is 2.26. The molecule has 0 bridgehead atoms. The van der Waals surface area contributed by atoms with Gasteiger partial charge in [-0.2, -0.15) is 0 Å². The van der Waals surface area contributed by atoms with E-state index in [1.165, 1.54) is 19.2 Å². The number of hydrogen-bond acceptors (Lipinski definition) is 2. The number of methoxy groups -OCH3 is 1. The number of nitrogens with one attached hydrogen (secondary N) is 1. The quantitative estimate of drug-likeness (QED) is 0.854. The number of hydrogen-bond donors (Lipinski definition) is 1. The van der Waals surface area contributed by atoms with Crippen molar-refractivity contribution in [3.05, 3.63) is 29.3 Å². The molecule has 2 nitrogen and oxygen atoms in total. The summed E-state index contributed by atoms with van der Waals surface area (Å²) in [5.41, 5.74) is 0.534. The molecule has 88 valence electrons. The third-order valence-corrected chi connectivity index (χ3v) is 3.00. The average Bonchev–Trinajstić information content (AvgIpc) is 2.76. The first kappa shape index (κ1) is 11.3. The zero-order chi connectivity index (χ0) is 11.5. The Labute approximate surface area is 93.6 Å². The summed E-state index contributed by atoms with van der Waals surface area (Å²) in [6, 6.07) is 2.77. The van der Waals surface area contributed by atoms with Crippen molar-refractivity contribution in [1.82, 2.24) is 5.32 Å². The molecule has 1 aromatic rings. The Morgan fingerprint density at radius 2 is 2.25 bits per heavy atom. The molecule has 0 radical (unpaired) electrons. The van der Waals surface area contributed by atoms with Crippen molar-refractivity contribution in [2.75, 3.05) is 20.2 Å². The molecular weight excluding hydrogens is 212 g/mol. The van der Waals surface area contributed by atoms with Crippen LogP contribution in [0.2, 0.25) is 0 Å². The van der Waals surface area contributed by atoms with E-state index in [-0.39, 0.29) is 5.75 Å². The second-order valence-corrected chi connectivity index (χ2v) is 4.12. The topological polar surface area (TPSA) is 21.3 Å². The van der Waals surface area contributed by atoms with Crippen LogP contribution in [0.3, 0.4) is 0 Å². The molecule has 0 spiro atoms. The third kappa shape index (κ3) is 2.16. The largest absolute Gasteiger partial charge is 0.491 e. The van der Waals surface area contributed by atoms with E-state index in [0.29, 0.717) is 17.9 Å². The summed E-state index contributed by atoms with van der Waals surface area (Å²) in [4.78, 5) is 0. The first-order chi connectivity index (χ1) is 7.72. The summed E-state index contributed by atoms with van der Waals surface area (Å²) < 4.78 is 31.7. The van der Waals surface area contributed by atoms with Crippen LogP contribution >= 0.6 is 0 Å². The highest BCUT2D eigenvalue weighted by atomic mass is 19.1. The first-order valence-electron chi connectivity index (χ1n) is 5.44. The van der Waals surface area contributed by atoms with Crippen molar-refractivity contribution >= 4 is 0 Å². The maximum absolute atomic E-state index is 13.8. The molecule has 2 rings (SSSR count). The van der Waals surface area contributed by atoms with E-state index in [9.17, 15) is 8.78 Å². The predicted octanol–water partition coefficient (Wildman–Crippen LogP) is 2.13. The molecule has 1 heterocycles. The standard InChI is InChI=1S/C12H15F2NO/c1-16-12-10(13)3-2-9(11(12)14)6-8-4-5-15-7-8/h2-3,8,15H,4-7H2,1H3. The molecule has 0 amide bonds. The normalized spacial score (nSPS) is 20.1. The van der Waals surface area contributed by atoms with Gasteiger partial charge in [0.2, 0.25) is 0 Å². The van der Waals surface area contributed by atoms with Gasteiger partial charge >= 0.3 is 0 Å². The fraction of sp³-hybridized carbons (Fsp3) is 0.500. The van der Waals surface area contributed by atoms with Crippen LogP contribution in [-0.2, 0) is 6.42 Å². The third-order valence-electron chi connectivity index (χ3n) is 3.00. The molecule has 16 heavy (non-hydrogen) atoms. The Morgan fingerprint density at radius 1 is 1.44 bits per heavy atom. The van der Waals surface area contributed by atoms with Crippen LogP contribution in [-0.4, -0.2) is 20.2 Å². The van der Waals surface area contributed by atoms with Gasteiger partial charge in [0.15, 0.2) is 17.4 Å². The zero-order valence-electron chi connectivity index (χ0n) is 9.22. The predicted molar refractivity (Wildman–Crippen MR) is 57.6 cm³/mol. The lowest BCUT2D eigenvalue weighted by Crippen LogP contribution is -2.11. The van der Waals surface area contributed by atoms with Gasteiger partial charge in [-0.3, -0.25) is 0 Å². The van der Waals surface area contributed by atoms with Crippen molar-refractivity contribution in [2.24, 2.45) is 5.92 Å². The molecule has 1 atom stereocenters. The van der Waals surface area contributed by atoms with Gasteiger partial charge in [-0.05, 0) is 43.5 Å². The van der Waals surface area contributed by atoms with Crippen LogP contribution in [0, 0.1) is 17.6 Å². The molecule has 1 aliphatic rings. The molecule has 1 aromatic carbocycles. The Balaban J connectivity index is 2.20. The summed E-state index contributed by atoms with van der Waals surface area (Å²) in [5.74, 6) is -1.05. The van der Waals surface area contributed by atoms with Gasteiger partial charge in [0.1, 0.15) is 0 Å². The van der Waals surface area contributed by atoms with Crippen LogP contribution in [0.4, 0.5) is 8.78 Å². The maximum atomic E-state index is 13.8. The second kappa shape index (κ2) is 4.78. The lowest BCUT2D eigenvalue weighted by Gasteiger charge is -2.11. The van der Waals surface area contributed by atoms with Gasteiger partial charge in [0, 0.05) is 0 Å². The molecule has 1 aliphatic heterocycles. The number of halogens is 2. The van der Waals surface area contributed by atoms with Crippen LogP contribution in [0.5, 0.6) is 5.75 Å². The monoisotopic (exact) mass is 227 g/mol. The average molecular weight is 227 g/mol. The summed E-state index contributed by atoms with van der Waals surface area (Å²) in [5, 5.41) is 3.22. The summed E-state index contributed by atoms with van der Waals surface area (Å²) in [6.45, 7) is 1.88. The Kier molecular flexibility index (Phi) is 3.39.